The molecule has 0 radical (unpaired) electrons. The van der Waals surface area contributed by atoms with Gasteiger partial charge in [-0.2, -0.15) is 0 Å². The van der Waals surface area contributed by atoms with Crippen LogP contribution in [-0.2, 0) is 16.0 Å². The second-order valence-corrected chi connectivity index (χ2v) is 10.3. The Morgan fingerprint density at radius 1 is 1.47 bits per heavy atom. The highest BCUT2D eigenvalue weighted by atomic mass is 127. The first-order chi connectivity index (χ1) is 14.2. The molecule has 4 nitrogen and oxygen atoms in total. The Hall–Kier alpha value is -1.08. The Kier molecular flexibility index (Phi) is 10.1. The molecule has 0 fully saturated rings. The van der Waals surface area contributed by atoms with E-state index in [0.717, 1.165) is 25.6 Å². The fourth-order valence-electron chi connectivity index (χ4n) is 2.75. The SMILES string of the molecule is CCO[C@@H](Cc1cccc(I)c1OC/C=C(\C)C#CC1(Br)C=CC=C(Br)C1)C(=O)O. The Labute approximate surface area is 208 Å². The minimum absolute atomic E-state index is 0.249. The van der Waals surface area contributed by atoms with Gasteiger partial charge in [0.05, 0.1) is 3.57 Å². The fourth-order valence-corrected chi connectivity index (χ4v) is 4.99. The summed E-state index contributed by atoms with van der Waals surface area (Å²) in [5, 5.41) is 9.37. The predicted octanol–water partition coefficient (Wildman–Crippen LogP) is 6.02. The first kappa shape index (κ1) is 25.2. The number of carboxylic acid groups (broad SMARTS) is 1. The molecular weight excluding hydrogens is 627 g/mol. The van der Waals surface area contributed by atoms with Gasteiger partial charge in [-0.1, -0.05) is 74.1 Å². The normalized spacial score (nSPS) is 19.5. The lowest BCUT2D eigenvalue weighted by Crippen LogP contribution is -2.26. The van der Waals surface area contributed by atoms with Crippen molar-refractivity contribution in [2.45, 2.75) is 37.1 Å². The smallest absolute Gasteiger partial charge is 0.333 e. The van der Waals surface area contributed by atoms with Gasteiger partial charge in [-0.05, 0) is 64.2 Å². The summed E-state index contributed by atoms with van der Waals surface area (Å²) in [5.74, 6) is 6.14. The van der Waals surface area contributed by atoms with E-state index in [1.54, 1.807) is 6.92 Å². The number of aliphatic carboxylic acids is 1. The predicted molar refractivity (Wildman–Crippen MR) is 135 cm³/mol. The van der Waals surface area contributed by atoms with Crippen molar-refractivity contribution in [2.24, 2.45) is 0 Å². The molecule has 0 saturated heterocycles. The Morgan fingerprint density at radius 2 is 2.23 bits per heavy atom. The molecule has 1 aliphatic rings. The summed E-state index contributed by atoms with van der Waals surface area (Å²) in [6.45, 7) is 4.41. The summed E-state index contributed by atoms with van der Waals surface area (Å²) in [5.41, 5.74) is 1.71. The van der Waals surface area contributed by atoms with Crippen LogP contribution in [0.1, 0.15) is 25.8 Å². The highest BCUT2D eigenvalue weighted by Gasteiger charge is 2.23. The van der Waals surface area contributed by atoms with Crippen LogP contribution in [-0.4, -0.2) is 34.7 Å². The first-order valence-electron chi connectivity index (χ1n) is 9.41. The average molecular weight is 650 g/mol. The maximum atomic E-state index is 11.4. The van der Waals surface area contributed by atoms with Crippen LogP contribution in [0.2, 0.25) is 0 Å². The fraction of sp³-hybridized carbons (Fsp3) is 0.348. The van der Waals surface area contributed by atoms with Gasteiger partial charge in [0.25, 0.3) is 0 Å². The molecule has 1 unspecified atom stereocenters. The van der Waals surface area contributed by atoms with Crippen LogP contribution in [0.5, 0.6) is 5.75 Å². The molecule has 0 amide bonds. The van der Waals surface area contributed by atoms with Gasteiger partial charge in [0.1, 0.15) is 16.7 Å². The number of hydrogen-bond donors (Lipinski definition) is 1. The number of rotatable bonds is 8. The number of para-hydroxylation sites is 1. The van der Waals surface area contributed by atoms with Gasteiger partial charge in [0.2, 0.25) is 0 Å². The lowest BCUT2D eigenvalue weighted by atomic mass is 10.0. The summed E-state index contributed by atoms with van der Waals surface area (Å²) < 4.78 is 13.0. The summed E-state index contributed by atoms with van der Waals surface area (Å²) in [4.78, 5) is 11.4. The summed E-state index contributed by atoms with van der Waals surface area (Å²) >= 11 is 9.40. The van der Waals surface area contributed by atoms with Crippen LogP contribution in [0.25, 0.3) is 0 Å². The van der Waals surface area contributed by atoms with E-state index in [2.05, 4.69) is 66.3 Å². The second-order valence-electron chi connectivity index (χ2n) is 6.67. The molecule has 0 aliphatic heterocycles. The zero-order valence-electron chi connectivity index (χ0n) is 16.8. The van der Waals surface area contributed by atoms with Crippen LogP contribution in [0.15, 0.2) is 52.6 Å². The molecule has 30 heavy (non-hydrogen) atoms. The van der Waals surface area contributed by atoms with Crippen LogP contribution in [0.3, 0.4) is 0 Å². The molecule has 2 rings (SSSR count). The topological polar surface area (TPSA) is 55.8 Å². The van der Waals surface area contributed by atoms with E-state index in [4.69, 9.17) is 9.47 Å². The van der Waals surface area contributed by atoms with E-state index in [0.29, 0.717) is 19.0 Å². The van der Waals surface area contributed by atoms with Crippen molar-refractivity contribution in [1.82, 2.24) is 0 Å². The van der Waals surface area contributed by atoms with Crippen molar-refractivity contribution in [1.29, 1.82) is 0 Å². The molecule has 0 saturated carbocycles. The summed E-state index contributed by atoms with van der Waals surface area (Å²) in [7, 11) is 0. The van der Waals surface area contributed by atoms with Gasteiger partial charge in [-0.25, -0.2) is 4.79 Å². The minimum atomic E-state index is -0.977. The molecule has 7 heteroatoms. The van der Waals surface area contributed by atoms with E-state index in [9.17, 15) is 9.90 Å². The largest absolute Gasteiger partial charge is 0.488 e. The first-order valence-corrected chi connectivity index (χ1v) is 12.1. The molecule has 1 aliphatic carbocycles. The maximum absolute atomic E-state index is 11.4. The lowest BCUT2D eigenvalue weighted by Gasteiger charge is -2.19. The highest BCUT2D eigenvalue weighted by Crippen LogP contribution is 2.33. The van der Waals surface area contributed by atoms with E-state index in [1.807, 2.05) is 49.4 Å². The summed E-state index contributed by atoms with van der Waals surface area (Å²) in [6.07, 6.45) is 8.07. The van der Waals surface area contributed by atoms with Crippen LogP contribution < -0.4 is 4.74 Å². The lowest BCUT2D eigenvalue weighted by molar-refractivity contribution is -0.149. The molecule has 1 aromatic rings. The van der Waals surface area contributed by atoms with Gasteiger partial charge in [-0.15, -0.1) is 0 Å². The molecule has 0 aromatic heterocycles. The number of halogens is 3. The zero-order chi connectivity index (χ0) is 22.1. The van der Waals surface area contributed by atoms with E-state index < -0.39 is 12.1 Å². The molecule has 160 valence electrons. The van der Waals surface area contributed by atoms with Crippen LogP contribution in [0, 0.1) is 15.4 Å². The molecule has 0 bridgehead atoms. The second kappa shape index (κ2) is 12.1. The summed E-state index contributed by atoms with van der Waals surface area (Å²) in [6, 6.07) is 5.70. The maximum Gasteiger partial charge on any atom is 0.333 e. The Balaban J connectivity index is 2.07. The van der Waals surface area contributed by atoms with Crippen molar-refractivity contribution >= 4 is 60.4 Å². The Bertz CT molecular complexity index is 927. The number of ether oxygens (including phenoxy) is 2. The molecule has 0 spiro atoms. The number of carboxylic acids is 1. The quantitative estimate of drug-likeness (QED) is 0.213. The van der Waals surface area contributed by atoms with Gasteiger partial charge >= 0.3 is 5.97 Å². The zero-order valence-corrected chi connectivity index (χ0v) is 22.1. The number of carbonyl (C=O) groups is 1. The van der Waals surface area contributed by atoms with Gasteiger partial charge in [0.15, 0.2) is 6.10 Å². The van der Waals surface area contributed by atoms with Gasteiger partial charge in [0, 0.05) is 19.4 Å². The van der Waals surface area contributed by atoms with Crippen molar-refractivity contribution in [3.8, 4) is 17.6 Å². The van der Waals surface area contributed by atoms with Crippen molar-refractivity contribution < 1.29 is 19.4 Å². The number of benzene rings is 1. The van der Waals surface area contributed by atoms with Gasteiger partial charge in [-0.3, -0.25) is 0 Å². The molecule has 0 heterocycles. The van der Waals surface area contributed by atoms with E-state index in [-0.39, 0.29) is 10.7 Å². The Morgan fingerprint density at radius 3 is 2.90 bits per heavy atom. The third-order valence-corrected chi connectivity index (χ3v) is 6.38. The number of alkyl halides is 1. The third-order valence-electron chi connectivity index (χ3n) is 4.25. The monoisotopic (exact) mass is 648 g/mol. The molecular formula is C23H23Br2IO4. The average Bonchev–Trinajstić information content (AvgIpc) is 2.68. The van der Waals surface area contributed by atoms with Crippen molar-refractivity contribution in [2.75, 3.05) is 13.2 Å². The third kappa shape index (κ3) is 7.88. The van der Waals surface area contributed by atoms with E-state index in [1.165, 1.54) is 0 Å². The number of hydrogen-bond acceptors (Lipinski definition) is 3. The minimum Gasteiger partial charge on any atom is -0.488 e. The van der Waals surface area contributed by atoms with Crippen LogP contribution in [0.4, 0.5) is 0 Å². The number of allylic oxidation sites excluding steroid dienone is 5. The van der Waals surface area contributed by atoms with Crippen molar-refractivity contribution in [3.05, 3.63) is 61.7 Å². The highest BCUT2D eigenvalue weighted by molar-refractivity contribution is 14.1. The molecule has 2 atom stereocenters. The van der Waals surface area contributed by atoms with Crippen molar-refractivity contribution in [3.63, 3.8) is 0 Å². The molecule has 1 N–H and O–H groups in total. The van der Waals surface area contributed by atoms with Crippen LogP contribution >= 0.6 is 54.5 Å². The molecule has 1 aromatic carbocycles. The standard InChI is InChI=1S/C23H23Br2IO4/c1-3-29-20(22(27)28)14-17-6-4-8-19(26)21(17)30-13-10-16(2)9-12-23(25)11-5-7-18(24)15-23/h4-8,10-11,20H,3,13-15H2,1-2H3,(H,27,28)/b16-10+/t20-,23?/m0/s1. The van der Waals surface area contributed by atoms with Gasteiger partial charge < -0.3 is 14.6 Å². The van der Waals surface area contributed by atoms with E-state index >= 15 is 0 Å².